The van der Waals surface area contributed by atoms with Crippen LogP contribution in [-0.2, 0) is 30.8 Å². The molecule has 0 bridgehead atoms. The van der Waals surface area contributed by atoms with Crippen LogP contribution in [0.5, 0.6) is 5.75 Å². The standard InChI is InChI=1S/C22H22BrN3O3S/c1-14-10-17(23)7-9-19(14)24-20(27)12-26-22(30)29-21(25-26)13-28-18-8-6-15-4-2-3-5-16(15)11-18/h6-11H,2-5,12-13H2,1H3,(H,24,27). The molecule has 1 aliphatic rings. The SMILES string of the molecule is Cc1cc(Br)ccc1NC(=O)Cn1nc(COc2ccc3c(c2)CCCC3)oc1=S. The normalized spacial score (nSPS) is 13.0. The lowest BCUT2D eigenvalue weighted by Crippen LogP contribution is -2.20. The molecule has 1 aromatic heterocycles. The lowest BCUT2D eigenvalue weighted by molar-refractivity contribution is -0.117. The Labute approximate surface area is 188 Å². The molecule has 0 radical (unpaired) electrons. The maximum Gasteiger partial charge on any atom is 0.287 e. The lowest BCUT2D eigenvalue weighted by Gasteiger charge is -2.16. The van der Waals surface area contributed by atoms with Crippen LogP contribution in [-0.4, -0.2) is 15.7 Å². The number of hydrogen-bond donors (Lipinski definition) is 1. The third kappa shape index (κ3) is 4.99. The number of nitrogens with one attached hydrogen (secondary N) is 1. The van der Waals surface area contributed by atoms with Gasteiger partial charge in [0, 0.05) is 10.2 Å². The second-order valence-electron chi connectivity index (χ2n) is 7.35. The predicted octanol–water partition coefficient (Wildman–Crippen LogP) is 5.37. The van der Waals surface area contributed by atoms with Gasteiger partial charge in [-0.15, -0.1) is 5.10 Å². The second-order valence-corrected chi connectivity index (χ2v) is 8.62. The maximum atomic E-state index is 12.4. The van der Waals surface area contributed by atoms with Gasteiger partial charge in [0.15, 0.2) is 6.61 Å². The third-order valence-electron chi connectivity index (χ3n) is 5.09. The molecule has 30 heavy (non-hydrogen) atoms. The van der Waals surface area contributed by atoms with Gasteiger partial charge in [-0.25, -0.2) is 4.68 Å². The molecule has 1 aliphatic carbocycles. The van der Waals surface area contributed by atoms with Crippen molar-refractivity contribution in [3.63, 3.8) is 0 Å². The minimum Gasteiger partial charge on any atom is -0.484 e. The Kier molecular flexibility index (Phi) is 6.34. The number of aromatic nitrogens is 2. The molecular formula is C22H22BrN3O3S. The Balaban J connectivity index is 1.37. The lowest BCUT2D eigenvalue weighted by atomic mass is 9.92. The number of nitrogens with zero attached hydrogens (tertiary/aromatic N) is 2. The highest BCUT2D eigenvalue weighted by atomic mass is 79.9. The highest BCUT2D eigenvalue weighted by Gasteiger charge is 2.13. The first-order chi connectivity index (χ1) is 14.5. The number of rotatable bonds is 6. The first-order valence-corrected chi connectivity index (χ1v) is 11.1. The fourth-order valence-electron chi connectivity index (χ4n) is 3.55. The number of fused-ring (bicyclic) bond motifs is 1. The van der Waals surface area contributed by atoms with Crippen molar-refractivity contribution in [3.8, 4) is 5.75 Å². The Hall–Kier alpha value is -2.45. The topological polar surface area (TPSA) is 69.3 Å². The molecule has 0 atom stereocenters. The van der Waals surface area contributed by atoms with Gasteiger partial charge in [0.1, 0.15) is 12.3 Å². The van der Waals surface area contributed by atoms with E-state index < -0.39 is 0 Å². The Bertz CT molecular complexity index is 1140. The average Bonchev–Trinajstić information content (AvgIpc) is 3.07. The molecule has 4 rings (SSSR count). The number of benzene rings is 2. The van der Waals surface area contributed by atoms with Gasteiger partial charge in [-0.2, -0.15) is 0 Å². The number of halogens is 1. The summed E-state index contributed by atoms with van der Waals surface area (Å²) in [6.07, 6.45) is 4.70. The number of amides is 1. The molecule has 8 heteroatoms. The zero-order valence-corrected chi connectivity index (χ0v) is 19.0. The minimum absolute atomic E-state index is 0.0311. The largest absolute Gasteiger partial charge is 0.484 e. The van der Waals surface area contributed by atoms with E-state index in [1.807, 2.05) is 31.2 Å². The van der Waals surface area contributed by atoms with Crippen LogP contribution in [0.3, 0.4) is 0 Å². The number of carbonyl (C=O) groups excluding carboxylic acids is 1. The summed E-state index contributed by atoms with van der Waals surface area (Å²) in [5.41, 5.74) is 4.46. The number of ether oxygens (including phenoxy) is 1. The van der Waals surface area contributed by atoms with Gasteiger partial charge in [0.2, 0.25) is 5.91 Å². The van der Waals surface area contributed by atoms with Crippen molar-refractivity contribution < 1.29 is 13.9 Å². The number of aryl methyl sites for hydroxylation is 3. The van der Waals surface area contributed by atoms with Crippen molar-refractivity contribution in [2.45, 2.75) is 45.8 Å². The average molecular weight is 488 g/mol. The van der Waals surface area contributed by atoms with Crippen LogP contribution < -0.4 is 10.1 Å². The fraction of sp³-hybridized carbons (Fsp3) is 0.318. The fourth-order valence-corrected chi connectivity index (χ4v) is 4.22. The van der Waals surface area contributed by atoms with E-state index in [2.05, 4.69) is 38.5 Å². The van der Waals surface area contributed by atoms with Gasteiger partial charge in [0.25, 0.3) is 10.7 Å². The molecule has 0 fully saturated rings. The van der Waals surface area contributed by atoms with Crippen LogP contribution in [0.25, 0.3) is 0 Å². The molecule has 0 unspecified atom stereocenters. The molecule has 0 spiro atoms. The number of carbonyl (C=O) groups is 1. The van der Waals surface area contributed by atoms with Crippen molar-refractivity contribution in [2.75, 3.05) is 5.32 Å². The van der Waals surface area contributed by atoms with E-state index in [1.54, 1.807) is 0 Å². The number of anilines is 1. The van der Waals surface area contributed by atoms with Crippen molar-refractivity contribution >= 4 is 39.7 Å². The van der Waals surface area contributed by atoms with Crippen molar-refractivity contribution in [3.05, 3.63) is 68.3 Å². The van der Waals surface area contributed by atoms with Crippen molar-refractivity contribution in [2.24, 2.45) is 0 Å². The van der Waals surface area contributed by atoms with Crippen molar-refractivity contribution in [1.29, 1.82) is 0 Å². The summed E-state index contributed by atoms with van der Waals surface area (Å²) in [6.45, 7) is 2.05. The number of hydrogen-bond acceptors (Lipinski definition) is 5. The summed E-state index contributed by atoms with van der Waals surface area (Å²) in [5.74, 6) is 0.895. The van der Waals surface area contributed by atoms with Crippen LogP contribution in [0, 0.1) is 11.8 Å². The third-order valence-corrected chi connectivity index (χ3v) is 5.87. The highest BCUT2D eigenvalue weighted by Crippen LogP contribution is 2.26. The smallest absolute Gasteiger partial charge is 0.287 e. The van der Waals surface area contributed by atoms with Gasteiger partial charge >= 0.3 is 0 Å². The maximum absolute atomic E-state index is 12.4. The second kappa shape index (κ2) is 9.14. The minimum atomic E-state index is -0.230. The first kappa shape index (κ1) is 20.8. The van der Waals surface area contributed by atoms with Gasteiger partial charge in [-0.1, -0.05) is 22.0 Å². The molecule has 156 valence electrons. The van der Waals surface area contributed by atoms with Gasteiger partial charge in [-0.05, 0) is 91.8 Å². The quantitative estimate of drug-likeness (QED) is 0.473. The molecule has 0 saturated carbocycles. The van der Waals surface area contributed by atoms with Crippen LogP contribution in [0.2, 0.25) is 0 Å². The molecule has 6 nitrogen and oxygen atoms in total. The predicted molar refractivity (Wildman–Crippen MR) is 120 cm³/mol. The summed E-state index contributed by atoms with van der Waals surface area (Å²) in [4.78, 5) is 12.5. The molecule has 1 amide bonds. The molecule has 2 aromatic carbocycles. The summed E-state index contributed by atoms with van der Waals surface area (Å²) in [7, 11) is 0. The summed E-state index contributed by atoms with van der Waals surface area (Å²) < 4.78 is 13.7. The van der Waals surface area contributed by atoms with E-state index in [1.165, 1.54) is 28.7 Å². The van der Waals surface area contributed by atoms with E-state index in [4.69, 9.17) is 21.4 Å². The Morgan fingerprint density at radius 2 is 2.03 bits per heavy atom. The van der Waals surface area contributed by atoms with Gasteiger partial charge in [0.05, 0.1) is 0 Å². The van der Waals surface area contributed by atoms with E-state index in [0.29, 0.717) is 5.89 Å². The van der Waals surface area contributed by atoms with Crippen LogP contribution in [0.1, 0.15) is 35.4 Å². The monoisotopic (exact) mass is 487 g/mol. The molecule has 1 heterocycles. The molecule has 0 saturated heterocycles. The summed E-state index contributed by atoms with van der Waals surface area (Å²) in [6, 6.07) is 11.9. The molecule has 1 N–H and O–H groups in total. The summed E-state index contributed by atoms with van der Waals surface area (Å²) >= 11 is 8.61. The van der Waals surface area contributed by atoms with Crippen LogP contribution in [0.4, 0.5) is 5.69 Å². The van der Waals surface area contributed by atoms with Gasteiger partial charge < -0.3 is 14.5 Å². The molecule has 0 aliphatic heterocycles. The Morgan fingerprint density at radius 3 is 2.83 bits per heavy atom. The molecule has 3 aromatic rings. The highest BCUT2D eigenvalue weighted by molar-refractivity contribution is 9.10. The van der Waals surface area contributed by atoms with E-state index in [0.717, 1.165) is 34.3 Å². The van der Waals surface area contributed by atoms with Crippen LogP contribution in [0.15, 0.2) is 45.3 Å². The summed E-state index contributed by atoms with van der Waals surface area (Å²) in [5, 5.41) is 7.15. The van der Waals surface area contributed by atoms with Gasteiger partial charge in [-0.3, -0.25) is 4.79 Å². The zero-order valence-electron chi connectivity index (χ0n) is 16.6. The van der Waals surface area contributed by atoms with E-state index in [-0.39, 0.29) is 23.9 Å². The van der Waals surface area contributed by atoms with Crippen molar-refractivity contribution in [1.82, 2.24) is 9.78 Å². The van der Waals surface area contributed by atoms with E-state index >= 15 is 0 Å². The van der Waals surface area contributed by atoms with Crippen LogP contribution >= 0.6 is 28.1 Å². The first-order valence-electron chi connectivity index (χ1n) is 9.85. The Morgan fingerprint density at radius 1 is 1.23 bits per heavy atom. The zero-order chi connectivity index (χ0) is 21.1. The van der Waals surface area contributed by atoms with E-state index in [9.17, 15) is 4.79 Å². The molecular weight excluding hydrogens is 466 g/mol.